The molecular formula is C12H13F2NO2. The first-order valence-electron chi connectivity index (χ1n) is 5.18. The summed E-state index contributed by atoms with van der Waals surface area (Å²) in [6, 6.07) is 3.32. The second-order valence-corrected chi connectivity index (χ2v) is 3.91. The van der Waals surface area contributed by atoms with Crippen molar-refractivity contribution in [1.29, 1.82) is 0 Å². The van der Waals surface area contributed by atoms with Crippen LogP contribution in [0.5, 0.6) is 0 Å². The van der Waals surface area contributed by atoms with Crippen molar-refractivity contribution in [3.63, 3.8) is 0 Å². The Morgan fingerprint density at radius 1 is 1.29 bits per heavy atom. The number of halogens is 2. The standard InChI is InChI=1S/C12H13F2NO2/c1-7(2)10(16)6-15-12(17)8-4-3-5-9(13)11(8)14/h3-5,7H,6H2,1-2H3,(H,15,17). The van der Waals surface area contributed by atoms with E-state index in [9.17, 15) is 18.4 Å². The Balaban J connectivity index is 2.71. The van der Waals surface area contributed by atoms with Crippen LogP contribution in [0.1, 0.15) is 24.2 Å². The number of benzene rings is 1. The lowest BCUT2D eigenvalue weighted by Crippen LogP contribution is -2.32. The largest absolute Gasteiger partial charge is 0.345 e. The lowest BCUT2D eigenvalue weighted by atomic mass is 10.1. The van der Waals surface area contributed by atoms with Crippen LogP contribution >= 0.6 is 0 Å². The summed E-state index contributed by atoms with van der Waals surface area (Å²) < 4.78 is 26.1. The number of carbonyl (C=O) groups excluding carboxylic acids is 2. The van der Waals surface area contributed by atoms with E-state index in [2.05, 4.69) is 5.32 Å². The molecule has 0 atom stereocenters. The summed E-state index contributed by atoms with van der Waals surface area (Å²) in [5.41, 5.74) is -0.401. The first-order valence-corrected chi connectivity index (χ1v) is 5.18. The number of carbonyl (C=O) groups is 2. The van der Waals surface area contributed by atoms with E-state index in [1.807, 2.05) is 0 Å². The molecule has 0 saturated carbocycles. The third kappa shape index (κ3) is 3.34. The molecule has 0 unspecified atom stereocenters. The van der Waals surface area contributed by atoms with Gasteiger partial charge in [0.05, 0.1) is 12.1 Å². The van der Waals surface area contributed by atoms with E-state index < -0.39 is 23.1 Å². The van der Waals surface area contributed by atoms with E-state index in [4.69, 9.17) is 0 Å². The van der Waals surface area contributed by atoms with Crippen LogP contribution in [0.3, 0.4) is 0 Å². The van der Waals surface area contributed by atoms with Gasteiger partial charge in [-0.2, -0.15) is 0 Å². The van der Waals surface area contributed by atoms with Crippen LogP contribution in [0.25, 0.3) is 0 Å². The lowest BCUT2D eigenvalue weighted by molar-refractivity contribution is -0.120. The molecule has 1 amide bonds. The van der Waals surface area contributed by atoms with Crippen LogP contribution in [-0.4, -0.2) is 18.2 Å². The molecule has 0 aromatic heterocycles. The van der Waals surface area contributed by atoms with Gasteiger partial charge < -0.3 is 5.32 Å². The van der Waals surface area contributed by atoms with Crippen molar-refractivity contribution in [1.82, 2.24) is 5.32 Å². The number of hydrogen-bond acceptors (Lipinski definition) is 2. The summed E-state index contributed by atoms with van der Waals surface area (Å²) in [5.74, 6) is -3.48. The molecule has 0 radical (unpaired) electrons. The summed E-state index contributed by atoms with van der Waals surface area (Å²) in [5, 5.41) is 2.25. The Morgan fingerprint density at radius 3 is 2.53 bits per heavy atom. The molecule has 0 saturated heterocycles. The SMILES string of the molecule is CC(C)C(=O)CNC(=O)c1cccc(F)c1F. The summed E-state index contributed by atoms with van der Waals surface area (Å²) in [4.78, 5) is 22.7. The minimum Gasteiger partial charge on any atom is -0.345 e. The number of rotatable bonds is 4. The maximum atomic E-state index is 13.2. The maximum Gasteiger partial charge on any atom is 0.254 e. The molecular weight excluding hydrogens is 228 g/mol. The Hall–Kier alpha value is -1.78. The number of amides is 1. The summed E-state index contributed by atoms with van der Waals surface area (Å²) in [6.45, 7) is 3.20. The quantitative estimate of drug-likeness (QED) is 0.875. The fourth-order valence-corrected chi connectivity index (χ4v) is 1.15. The normalized spacial score (nSPS) is 10.4. The average Bonchev–Trinajstić information content (AvgIpc) is 2.29. The molecule has 0 aliphatic rings. The number of ketones is 1. The fourth-order valence-electron chi connectivity index (χ4n) is 1.15. The van der Waals surface area contributed by atoms with Gasteiger partial charge in [-0.25, -0.2) is 8.78 Å². The summed E-state index contributed by atoms with van der Waals surface area (Å²) in [7, 11) is 0. The zero-order chi connectivity index (χ0) is 13.0. The van der Waals surface area contributed by atoms with Gasteiger partial charge >= 0.3 is 0 Å². The highest BCUT2D eigenvalue weighted by molar-refractivity contribution is 5.97. The van der Waals surface area contributed by atoms with Gasteiger partial charge in [0.1, 0.15) is 0 Å². The van der Waals surface area contributed by atoms with Crippen LogP contribution in [0.15, 0.2) is 18.2 Å². The van der Waals surface area contributed by atoms with E-state index in [-0.39, 0.29) is 18.2 Å². The third-order valence-corrected chi connectivity index (χ3v) is 2.26. The molecule has 1 rings (SSSR count). The first kappa shape index (κ1) is 13.3. The number of hydrogen-bond donors (Lipinski definition) is 1. The van der Waals surface area contributed by atoms with Crippen LogP contribution in [0, 0.1) is 17.6 Å². The zero-order valence-corrected chi connectivity index (χ0v) is 9.59. The summed E-state index contributed by atoms with van der Waals surface area (Å²) >= 11 is 0. The van der Waals surface area contributed by atoms with E-state index in [0.717, 1.165) is 12.1 Å². The predicted octanol–water partition coefficient (Wildman–Crippen LogP) is 1.92. The van der Waals surface area contributed by atoms with Crippen molar-refractivity contribution in [2.75, 3.05) is 6.54 Å². The predicted molar refractivity (Wildman–Crippen MR) is 58.5 cm³/mol. The first-order chi connectivity index (χ1) is 7.93. The van der Waals surface area contributed by atoms with Gasteiger partial charge in [0.15, 0.2) is 17.4 Å². The van der Waals surface area contributed by atoms with Crippen molar-refractivity contribution in [3.8, 4) is 0 Å². The van der Waals surface area contributed by atoms with Crippen LogP contribution in [0.2, 0.25) is 0 Å². The fraction of sp³-hybridized carbons (Fsp3) is 0.333. The van der Waals surface area contributed by atoms with E-state index in [0.29, 0.717) is 0 Å². The minimum atomic E-state index is -1.21. The molecule has 0 aliphatic carbocycles. The molecule has 0 fully saturated rings. The Kier molecular flexibility index (Phi) is 4.31. The molecule has 1 aromatic rings. The Morgan fingerprint density at radius 2 is 1.94 bits per heavy atom. The second kappa shape index (κ2) is 5.52. The molecule has 5 heteroatoms. The average molecular weight is 241 g/mol. The van der Waals surface area contributed by atoms with E-state index in [1.54, 1.807) is 13.8 Å². The smallest absolute Gasteiger partial charge is 0.254 e. The zero-order valence-electron chi connectivity index (χ0n) is 9.59. The number of nitrogens with one attached hydrogen (secondary N) is 1. The van der Waals surface area contributed by atoms with Crippen molar-refractivity contribution in [3.05, 3.63) is 35.4 Å². The molecule has 0 spiro atoms. The molecule has 0 bridgehead atoms. The van der Waals surface area contributed by atoms with Gasteiger partial charge in [-0.3, -0.25) is 9.59 Å². The molecule has 3 nitrogen and oxygen atoms in total. The van der Waals surface area contributed by atoms with Gasteiger partial charge in [0.25, 0.3) is 5.91 Å². The van der Waals surface area contributed by atoms with Crippen molar-refractivity contribution >= 4 is 11.7 Å². The molecule has 17 heavy (non-hydrogen) atoms. The highest BCUT2D eigenvalue weighted by Crippen LogP contribution is 2.10. The van der Waals surface area contributed by atoms with E-state index >= 15 is 0 Å². The monoisotopic (exact) mass is 241 g/mol. The van der Waals surface area contributed by atoms with E-state index in [1.165, 1.54) is 6.07 Å². The van der Waals surface area contributed by atoms with Crippen LogP contribution < -0.4 is 5.32 Å². The van der Waals surface area contributed by atoms with Crippen LogP contribution in [0.4, 0.5) is 8.78 Å². The van der Waals surface area contributed by atoms with Gasteiger partial charge in [-0.15, -0.1) is 0 Å². The topological polar surface area (TPSA) is 46.2 Å². The highest BCUT2D eigenvalue weighted by Gasteiger charge is 2.16. The molecule has 0 aliphatic heterocycles. The van der Waals surface area contributed by atoms with Gasteiger partial charge in [-0.05, 0) is 12.1 Å². The third-order valence-electron chi connectivity index (χ3n) is 2.26. The highest BCUT2D eigenvalue weighted by atomic mass is 19.2. The maximum absolute atomic E-state index is 13.2. The minimum absolute atomic E-state index is 0.171. The number of Topliss-reactive ketones (excluding diaryl/α,β-unsaturated/α-hetero) is 1. The molecule has 92 valence electrons. The molecule has 0 heterocycles. The van der Waals surface area contributed by atoms with Crippen molar-refractivity contribution < 1.29 is 18.4 Å². The Labute approximate surface area is 97.8 Å². The molecule has 1 aromatic carbocycles. The Bertz CT molecular complexity index is 444. The van der Waals surface area contributed by atoms with Gasteiger partial charge in [0.2, 0.25) is 0 Å². The van der Waals surface area contributed by atoms with Gasteiger partial charge in [-0.1, -0.05) is 19.9 Å². The van der Waals surface area contributed by atoms with Crippen LogP contribution in [-0.2, 0) is 4.79 Å². The van der Waals surface area contributed by atoms with Gasteiger partial charge in [0, 0.05) is 5.92 Å². The van der Waals surface area contributed by atoms with Crippen molar-refractivity contribution in [2.45, 2.75) is 13.8 Å². The lowest BCUT2D eigenvalue weighted by Gasteiger charge is -2.07. The second-order valence-electron chi connectivity index (χ2n) is 3.91. The van der Waals surface area contributed by atoms with Crippen molar-refractivity contribution in [2.24, 2.45) is 5.92 Å². The molecule has 1 N–H and O–H groups in total. The summed E-state index contributed by atoms with van der Waals surface area (Å²) in [6.07, 6.45) is 0.